The number of para-hydroxylation sites is 1. The van der Waals surface area contributed by atoms with Gasteiger partial charge in [0.25, 0.3) is 0 Å². The van der Waals surface area contributed by atoms with Crippen LogP contribution in [0.25, 0.3) is 0 Å². The first-order valence-electron chi connectivity index (χ1n) is 6.30. The van der Waals surface area contributed by atoms with Crippen LogP contribution in [-0.4, -0.2) is 31.8 Å². The van der Waals surface area contributed by atoms with Crippen LogP contribution in [0.1, 0.15) is 29.6 Å². The number of nitrogens with zero attached hydrogens (tertiary/aromatic N) is 1. The lowest BCUT2D eigenvalue weighted by atomic mass is 9.99. The number of amides is 1. The van der Waals surface area contributed by atoms with Crippen LogP contribution in [0.15, 0.2) is 24.3 Å². The maximum atomic E-state index is 11.9. The van der Waals surface area contributed by atoms with Crippen molar-refractivity contribution >= 4 is 17.9 Å². The number of aldehydes is 1. The highest BCUT2D eigenvalue weighted by Gasteiger charge is 2.29. The Morgan fingerprint density at radius 3 is 2.89 bits per heavy atom. The van der Waals surface area contributed by atoms with Crippen molar-refractivity contribution in [1.82, 2.24) is 5.32 Å². The molecule has 1 N–H and O–H groups in total. The van der Waals surface area contributed by atoms with Gasteiger partial charge in [-0.25, -0.2) is 0 Å². The quantitative estimate of drug-likeness (QED) is 0.824. The molecule has 1 aromatic carbocycles. The Bertz CT molecular complexity index is 445. The van der Waals surface area contributed by atoms with E-state index >= 15 is 0 Å². The number of carbonyl (C=O) groups is 2. The zero-order valence-electron chi connectivity index (χ0n) is 10.6. The number of hydrogen-bond acceptors (Lipinski definition) is 3. The third-order valence-electron chi connectivity index (χ3n) is 3.43. The molecule has 1 heterocycles. The summed E-state index contributed by atoms with van der Waals surface area (Å²) in [5.41, 5.74) is 1.51. The molecule has 1 unspecified atom stereocenters. The van der Waals surface area contributed by atoms with E-state index in [0.717, 1.165) is 37.8 Å². The van der Waals surface area contributed by atoms with Gasteiger partial charge in [0.2, 0.25) is 5.91 Å². The predicted octanol–water partition coefficient (Wildman–Crippen LogP) is 1.60. The van der Waals surface area contributed by atoms with Gasteiger partial charge >= 0.3 is 0 Å². The molecule has 4 heteroatoms. The summed E-state index contributed by atoms with van der Waals surface area (Å²) in [7, 11) is 1.65. The summed E-state index contributed by atoms with van der Waals surface area (Å²) in [6.07, 6.45) is 3.80. The molecule has 4 nitrogen and oxygen atoms in total. The zero-order valence-corrected chi connectivity index (χ0v) is 10.6. The molecule has 1 aliphatic heterocycles. The van der Waals surface area contributed by atoms with Gasteiger partial charge in [-0.15, -0.1) is 0 Å². The molecule has 2 rings (SSSR count). The van der Waals surface area contributed by atoms with Crippen molar-refractivity contribution in [2.24, 2.45) is 0 Å². The molecule has 0 spiro atoms. The standard InChI is InChI=1S/C14H18N2O2/c1-15-14(18)13-8-4-5-9-16(13)12-7-3-2-6-11(12)10-17/h2-3,6-7,10,13H,4-5,8-9H2,1H3,(H,15,18). The van der Waals surface area contributed by atoms with E-state index in [1.807, 2.05) is 23.1 Å². The van der Waals surface area contributed by atoms with Crippen molar-refractivity contribution in [3.05, 3.63) is 29.8 Å². The maximum Gasteiger partial charge on any atom is 0.242 e. The van der Waals surface area contributed by atoms with Crippen LogP contribution in [0, 0.1) is 0 Å². The van der Waals surface area contributed by atoms with Crippen LogP contribution in [0.2, 0.25) is 0 Å². The van der Waals surface area contributed by atoms with E-state index in [9.17, 15) is 9.59 Å². The molecule has 18 heavy (non-hydrogen) atoms. The van der Waals surface area contributed by atoms with E-state index < -0.39 is 0 Å². The fraction of sp³-hybridized carbons (Fsp3) is 0.429. The molecule has 1 fully saturated rings. The summed E-state index contributed by atoms with van der Waals surface area (Å²) < 4.78 is 0. The van der Waals surface area contributed by atoms with Gasteiger partial charge in [0.1, 0.15) is 6.04 Å². The summed E-state index contributed by atoms with van der Waals surface area (Å²) in [5, 5.41) is 2.70. The number of nitrogens with one attached hydrogen (secondary N) is 1. The van der Waals surface area contributed by atoms with Crippen molar-refractivity contribution in [2.75, 3.05) is 18.5 Å². The normalized spacial score (nSPS) is 19.4. The lowest BCUT2D eigenvalue weighted by molar-refractivity contribution is -0.122. The minimum Gasteiger partial charge on any atom is -0.359 e. The highest BCUT2D eigenvalue weighted by molar-refractivity contribution is 5.89. The molecule has 0 saturated carbocycles. The zero-order chi connectivity index (χ0) is 13.0. The van der Waals surface area contributed by atoms with E-state index in [1.54, 1.807) is 13.1 Å². The second kappa shape index (κ2) is 5.67. The Morgan fingerprint density at radius 2 is 2.17 bits per heavy atom. The maximum absolute atomic E-state index is 11.9. The third-order valence-corrected chi connectivity index (χ3v) is 3.43. The third kappa shape index (κ3) is 2.37. The van der Waals surface area contributed by atoms with Gasteiger partial charge in [0.05, 0.1) is 0 Å². The number of benzene rings is 1. The van der Waals surface area contributed by atoms with E-state index in [4.69, 9.17) is 0 Å². The van der Waals surface area contributed by atoms with Crippen molar-refractivity contribution in [3.8, 4) is 0 Å². The van der Waals surface area contributed by atoms with Gasteiger partial charge in [-0.1, -0.05) is 12.1 Å². The topological polar surface area (TPSA) is 49.4 Å². The van der Waals surface area contributed by atoms with Crippen molar-refractivity contribution in [1.29, 1.82) is 0 Å². The van der Waals surface area contributed by atoms with Crippen molar-refractivity contribution in [2.45, 2.75) is 25.3 Å². The Morgan fingerprint density at radius 1 is 1.39 bits per heavy atom. The van der Waals surface area contributed by atoms with Crippen LogP contribution >= 0.6 is 0 Å². The Kier molecular flexibility index (Phi) is 3.97. The monoisotopic (exact) mass is 246 g/mol. The Hall–Kier alpha value is -1.84. The van der Waals surface area contributed by atoms with E-state index in [-0.39, 0.29) is 11.9 Å². The predicted molar refractivity (Wildman–Crippen MR) is 70.9 cm³/mol. The van der Waals surface area contributed by atoms with Crippen LogP contribution in [0.4, 0.5) is 5.69 Å². The van der Waals surface area contributed by atoms with E-state index in [1.165, 1.54) is 0 Å². The fourth-order valence-corrected chi connectivity index (χ4v) is 2.51. The van der Waals surface area contributed by atoms with E-state index in [2.05, 4.69) is 5.32 Å². The van der Waals surface area contributed by atoms with Crippen LogP contribution in [0.3, 0.4) is 0 Å². The van der Waals surface area contributed by atoms with Crippen molar-refractivity contribution in [3.63, 3.8) is 0 Å². The van der Waals surface area contributed by atoms with Gasteiger partial charge < -0.3 is 10.2 Å². The second-order valence-electron chi connectivity index (χ2n) is 4.50. The Labute approximate surface area is 107 Å². The number of carbonyl (C=O) groups excluding carboxylic acids is 2. The second-order valence-corrected chi connectivity index (χ2v) is 4.50. The number of piperidine rings is 1. The summed E-state index contributed by atoms with van der Waals surface area (Å²) in [5.74, 6) is 0.0235. The molecule has 1 atom stereocenters. The molecular weight excluding hydrogens is 228 g/mol. The molecular formula is C14H18N2O2. The molecule has 1 aromatic rings. The smallest absolute Gasteiger partial charge is 0.242 e. The summed E-state index contributed by atoms with van der Waals surface area (Å²) in [6.45, 7) is 0.822. The molecule has 96 valence electrons. The molecule has 0 radical (unpaired) electrons. The lowest BCUT2D eigenvalue weighted by Crippen LogP contribution is -2.49. The number of rotatable bonds is 3. The first-order valence-corrected chi connectivity index (χ1v) is 6.30. The SMILES string of the molecule is CNC(=O)C1CCCCN1c1ccccc1C=O. The van der Waals surface area contributed by atoms with Crippen LogP contribution in [0.5, 0.6) is 0 Å². The molecule has 1 amide bonds. The highest BCUT2D eigenvalue weighted by atomic mass is 16.2. The average molecular weight is 246 g/mol. The molecule has 0 aromatic heterocycles. The largest absolute Gasteiger partial charge is 0.359 e. The minimum atomic E-state index is -0.162. The fourth-order valence-electron chi connectivity index (χ4n) is 2.51. The summed E-state index contributed by atoms with van der Waals surface area (Å²) >= 11 is 0. The lowest BCUT2D eigenvalue weighted by Gasteiger charge is -2.36. The van der Waals surface area contributed by atoms with Gasteiger partial charge in [-0.2, -0.15) is 0 Å². The van der Waals surface area contributed by atoms with E-state index in [0.29, 0.717) is 5.56 Å². The highest BCUT2D eigenvalue weighted by Crippen LogP contribution is 2.27. The van der Waals surface area contributed by atoms with Gasteiger partial charge in [-0.3, -0.25) is 9.59 Å². The molecule has 1 aliphatic rings. The molecule has 1 saturated heterocycles. The van der Waals surface area contributed by atoms with Gasteiger partial charge in [0, 0.05) is 24.8 Å². The van der Waals surface area contributed by atoms with Crippen molar-refractivity contribution < 1.29 is 9.59 Å². The molecule has 0 aliphatic carbocycles. The van der Waals surface area contributed by atoms with Crippen LogP contribution in [-0.2, 0) is 4.79 Å². The Balaban J connectivity index is 2.33. The average Bonchev–Trinajstić information content (AvgIpc) is 2.46. The summed E-state index contributed by atoms with van der Waals surface area (Å²) in [6, 6.07) is 7.28. The number of hydrogen-bond donors (Lipinski definition) is 1. The number of likely N-dealkylation sites (N-methyl/N-ethyl adjacent to an activating group) is 1. The van der Waals surface area contributed by atoms with Gasteiger partial charge in [-0.05, 0) is 31.4 Å². The minimum absolute atomic E-state index is 0.0235. The first-order chi connectivity index (χ1) is 8.77. The van der Waals surface area contributed by atoms with Crippen LogP contribution < -0.4 is 10.2 Å². The number of anilines is 1. The first kappa shape index (κ1) is 12.6. The van der Waals surface area contributed by atoms with Gasteiger partial charge in [0.15, 0.2) is 6.29 Å². The summed E-state index contributed by atoms with van der Waals surface area (Å²) in [4.78, 5) is 25.0. The molecule has 0 bridgehead atoms.